The monoisotopic (exact) mass is 439 g/mol. The molecule has 0 aromatic carbocycles. The fraction of sp³-hybridized carbons (Fsp3) is 0.895. The van der Waals surface area contributed by atoms with Gasteiger partial charge in [-0.05, 0) is 5.92 Å². The Kier molecular flexibility index (Phi) is 17.3. The number of nitrogens with one attached hydrogen (secondary N) is 1. The van der Waals surface area contributed by atoms with Crippen molar-refractivity contribution in [2.24, 2.45) is 11.7 Å². The number of nitrogens with two attached hydrogens (primary N) is 1. The molecule has 1 saturated heterocycles. The fourth-order valence-electron chi connectivity index (χ4n) is 2.55. The third-order valence-electron chi connectivity index (χ3n) is 4.68. The van der Waals surface area contributed by atoms with Crippen molar-refractivity contribution in [1.82, 2.24) is 10.2 Å². The highest BCUT2D eigenvalue weighted by Crippen LogP contribution is 2.05. The van der Waals surface area contributed by atoms with Gasteiger partial charge in [0.2, 0.25) is 11.8 Å². The predicted molar refractivity (Wildman–Crippen MR) is 112 cm³/mol. The summed E-state index contributed by atoms with van der Waals surface area (Å²) >= 11 is 0. The van der Waals surface area contributed by atoms with Crippen LogP contribution in [0.4, 0.5) is 0 Å². The highest BCUT2D eigenvalue weighted by Gasteiger charge is 2.20. The molecule has 9 nitrogen and oxygen atoms in total. The second-order valence-corrected chi connectivity index (χ2v) is 6.78. The first-order valence-corrected chi connectivity index (χ1v) is 10.2. The van der Waals surface area contributed by atoms with E-state index in [0.717, 1.165) is 6.42 Å². The molecule has 2 unspecified atom stereocenters. The first-order valence-electron chi connectivity index (χ1n) is 10.2. The molecule has 29 heavy (non-hydrogen) atoms. The Labute approximate surface area is 180 Å². The van der Waals surface area contributed by atoms with Crippen LogP contribution in [-0.4, -0.2) is 95.2 Å². The zero-order valence-electron chi connectivity index (χ0n) is 17.7. The number of hydrogen-bond acceptors (Lipinski definition) is 7. The molecule has 0 spiro atoms. The molecule has 1 heterocycles. The Morgan fingerprint density at radius 1 is 0.931 bits per heavy atom. The van der Waals surface area contributed by atoms with Crippen molar-refractivity contribution in [3.63, 3.8) is 0 Å². The minimum absolute atomic E-state index is 0. The zero-order valence-corrected chi connectivity index (χ0v) is 18.5. The molecular weight excluding hydrogens is 402 g/mol. The van der Waals surface area contributed by atoms with Crippen molar-refractivity contribution >= 4 is 24.2 Å². The summed E-state index contributed by atoms with van der Waals surface area (Å²) < 4.78 is 21.8. The number of rotatable bonds is 6. The van der Waals surface area contributed by atoms with Gasteiger partial charge < -0.3 is 34.9 Å². The Balaban J connectivity index is 0.00000784. The summed E-state index contributed by atoms with van der Waals surface area (Å²) in [6.45, 7) is 8.99. The van der Waals surface area contributed by atoms with E-state index in [4.69, 9.17) is 24.7 Å². The van der Waals surface area contributed by atoms with Gasteiger partial charge in [-0.3, -0.25) is 9.59 Å². The van der Waals surface area contributed by atoms with Crippen LogP contribution in [-0.2, 0) is 28.5 Å². The van der Waals surface area contributed by atoms with E-state index in [0.29, 0.717) is 65.9 Å². The highest BCUT2D eigenvalue weighted by molar-refractivity contribution is 5.85. The average Bonchev–Trinajstić information content (AvgIpc) is 2.71. The standard InChI is InChI=1S/C19H37N3O6.ClH/c1-3-16(2)18(20)19(24)21-5-4-17(23)22-6-8-25-10-12-27-14-15-28-13-11-26-9-7-22;/h16,18H,3-15,20H2,1-2H3,(H,21,24);1H. The molecule has 0 aliphatic carbocycles. The van der Waals surface area contributed by atoms with Gasteiger partial charge in [0, 0.05) is 26.1 Å². The van der Waals surface area contributed by atoms with Gasteiger partial charge in [0.1, 0.15) is 0 Å². The first kappa shape index (κ1) is 28.0. The van der Waals surface area contributed by atoms with Gasteiger partial charge >= 0.3 is 0 Å². The normalized spacial score (nSPS) is 19.8. The Bertz CT molecular complexity index is 428. The van der Waals surface area contributed by atoms with Crippen LogP contribution in [0.25, 0.3) is 0 Å². The maximum atomic E-state index is 12.5. The number of ether oxygens (including phenoxy) is 4. The Morgan fingerprint density at radius 3 is 1.83 bits per heavy atom. The fourth-order valence-corrected chi connectivity index (χ4v) is 2.55. The summed E-state index contributed by atoms with van der Waals surface area (Å²) in [6, 6.07) is -0.551. The van der Waals surface area contributed by atoms with E-state index >= 15 is 0 Å². The molecule has 1 aliphatic heterocycles. The molecule has 0 bridgehead atoms. The quantitative estimate of drug-likeness (QED) is 0.607. The van der Waals surface area contributed by atoms with Gasteiger partial charge in [-0.15, -0.1) is 12.4 Å². The Hall–Kier alpha value is -0.970. The summed E-state index contributed by atoms with van der Waals surface area (Å²) in [5, 5.41) is 2.75. The summed E-state index contributed by atoms with van der Waals surface area (Å²) in [7, 11) is 0. The molecule has 1 rings (SSSR count). The summed E-state index contributed by atoms with van der Waals surface area (Å²) in [6.07, 6.45) is 1.04. The molecule has 172 valence electrons. The van der Waals surface area contributed by atoms with Crippen molar-refractivity contribution in [2.45, 2.75) is 32.7 Å². The van der Waals surface area contributed by atoms with Gasteiger partial charge in [0.25, 0.3) is 0 Å². The van der Waals surface area contributed by atoms with Crippen molar-refractivity contribution in [3.8, 4) is 0 Å². The van der Waals surface area contributed by atoms with Crippen molar-refractivity contribution in [3.05, 3.63) is 0 Å². The lowest BCUT2D eigenvalue weighted by Crippen LogP contribution is -2.46. The summed E-state index contributed by atoms with van der Waals surface area (Å²) in [5.41, 5.74) is 5.90. The topological polar surface area (TPSA) is 112 Å². The van der Waals surface area contributed by atoms with Gasteiger partial charge in [0.15, 0.2) is 0 Å². The van der Waals surface area contributed by atoms with Crippen LogP contribution in [0.1, 0.15) is 26.7 Å². The first-order chi connectivity index (χ1) is 13.6. The molecule has 10 heteroatoms. The number of hydrogen-bond donors (Lipinski definition) is 2. The van der Waals surface area contributed by atoms with Crippen LogP contribution in [0.3, 0.4) is 0 Å². The number of carbonyl (C=O) groups is 2. The average molecular weight is 440 g/mol. The van der Waals surface area contributed by atoms with Gasteiger partial charge in [0.05, 0.1) is 58.9 Å². The Morgan fingerprint density at radius 2 is 1.38 bits per heavy atom. The van der Waals surface area contributed by atoms with Crippen LogP contribution in [0, 0.1) is 5.92 Å². The third-order valence-corrected chi connectivity index (χ3v) is 4.68. The van der Waals surface area contributed by atoms with Crippen molar-refractivity contribution < 1.29 is 28.5 Å². The van der Waals surface area contributed by atoms with Gasteiger partial charge in [-0.2, -0.15) is 0 Å². The van der Waals surface area contributed by atoms with Crippen LogP contribution < -0.4 is 11.1 Å². The van der Waals surface area contributed by atoms with Crippen LogP contribution in [0.5, 0.6) is 0 Å². The SMILES string of the molecule is CCC(C)C(N)C(=O)NCCC(=O)N1CCOCCOCCOCCOCC1.Cl. The van der Waals surface area contributed by atoms with Gasteiger partial charge in [-0.25, -0.2) is 0 Å². The van der Waals surface area contributed by atoms with Gasteiger partial charge in [-0.1, -0.05) is 20.3 Å². The molecule has 3 N–H and O–H groups in total. The van der Waals surface area contributed by atoms with Crippen LogP contribution in [0.2, 0.25) is 0 Å². The minimum atomic E-state index is -0.551. The lowest BCUT2D eigenvalue weighted by molar-refractivity contribution is -0.133. The van der Waals surface area contributed by atoms with E-state index < -0.39 is 6.04 Å². The molecule has 2 amide bonds. The second kappa shape index (κ2) is 17.9. The number of halogens is 1. The molecule has 0 aromatic heterocycles. The van der Waals surface area contributed by atoms with Crippen LogP contribution >= 0.6 is 12.4 Å². The minimum Gasteiger partial charge on any atom is -0.377 e. The largest absolute Gasteiger partial charge is 0.377 e. The summed E-state index contributed by atoms with van der Waals surface area (Å²) in [5.74, 6) is -0.169. The zero-order chi connectivity index (χ0) is 20.6. The van der Waals surface area contributed by atoms with E-state index in [2.05, 4.69) is 5.32 Å². The molecule has 1 fully saturated rings. The number of amides is 2. The molecule has 0 saturated carbocycles. The molecule has 2 atom stereocenters. The van der Waals surface area contributed by atoms with E-state index in [-0.39, 0.29) is 43.1 Å². The van der Waals surface area contributed by atoms with Crippen LogP contribution in [0.15, 0.2) is 0 Å². The van der Waals surface area contributed by atoms with E-state index in [1.54, 1.807) is 4.90 Å². The number of nitrogens with zero attached hydrogens (tertiary/aromatic N) is 1. The molecule has 0 radical (unpaired) electrons. The lowest BCUT2D eigenvalue weighted by atomic mass is 9.99. The second-order valence-electron chi connectivity index (χ2n) is 6.78. The predicted octanol–water partition coefficient (Wildman–Crippen LogP) is 0.197. The van der Waals surface area contributed by atoms with E-state index in [9.17, 15) is 9.59 Å². The molecule has 1 aliphatic rings. The van der Waals surface area contributed by atoms with Crippen molar-refractivity contribution in [1.29, 1.82) is 0 Å². The third kappa shape index (κ3) is 13.0. The lowest BCUT2D eigenvalue weighted by Gasteiger charge is -2.23. The number of carbonyl (C=O) groups excluding carboxylic acids is 2. The maximum absolute atomic E-state index is 12.5. The smallest absolute Gasteiger partial charge is 0.237 e. The van der Waals surface area contributed by atoms with Crippen molar-refractivity contribution in [2.75, 3.05) is 72.5 Å². The molecular formula is C19H38ClN3O6. The maximum Gasteiger partial charge on any atom is 0.237 e. The van der Waals surface area contributed by atoms with E-state index in [1.165, 1.54) is 0 Å². The summed E-state index contributed by atoms with van der Waals surface area (Å²) in [4.78, 5) is 26.2. The molecule has 0 aromatic rings. The van der Waals surface area contributed by atoms with E-state index in [1.807, 2.05) is 13.8 Å². The highest BCUT2D eigenvalue weighted by atomic mass is 35.5.